The first kappa shape index (κ1) is 15.4. The van der Waals surface area contributed by atoms with Crippen molar-refractivity contribution in [2.45, 2.75) is 19.8 Å². The first-order valence-corrected chi connectivity index (χ1v) is 6.44. The van der Waals surface area contributed by atoms with E-state index < -0.39 is 6.09 Å². The standard InChI is InChI=1S/C12H20N2O5/c1-3-19-11(16)9-4-6-14(7-5-9)8-10(15)13-12(17)18-2/h9H,3-8H2,1-2H3,(H,13,15,17)/p+1. The smallest absolute Gasteiger partial charge is 0.413 e. The highest BCUT2D eigenvalue weighted by Crippen LogP contribution is 2.11. The number of ether oxygens (including phenoxy) is 2. The number of nitrogens with one attached hydrogen (secondary N) is 2. The molecule has 0 spiro atoms. The largest absolute Gasteiger partial charge is 0.466 e. The highest BCUT2D eigenvalue weighted by Gasteiger charge is 2.29. The Labute approximate surface area is 112 Å². The van der Waals surface area contributed by atoms with Crippen molar-refractivity contribution in [1.29, 1.82) is 0 Å². The van der Waals surface area contributed by atoms with Gasteiger partial charge in [-0.15, -0.1) is 0 Å². The van der Waals surface area contributed by atoms with Crippen LogP contribution in [0.4, 0.5) is 4.79 Å². The van der Waals surface area contributed by atoms with Gasteiger partial charge in [-0.25, -0.2) is 4.79 Å². The van der Waals surface area contributed by atoms with Crippen molar-refractivity contribution in [2.24, 2.45) is 5.92 Å². The van der Waals surface area contributed by atoms with E-state index >= 15 is 0 Å². The third kappa shape index (κ3) is 5.25. The van der Waals surface area contributed by atoms with E-state index in [0.717, 1.165) is 18.0 Å². The maximum absolute atomic E-state index is 11.5. The molecule has 0 bridgehead atoms. The van der Waals surface area contributed by atoms with E-state index in [1.807, 2.05) is 0 Å². The third-order valence-corrected chi connectivity index (χ3v) is 3.15. The SMILES string of the molecule is CCOC(=O)C1CC[NH+](CC(=O)NC(=O)OC)CC1. The number of carbonyl (C=O) groups is 3. The van der Waals surface area contributed by atoms with Gasteiger partial charge in [0, 0.05) is 12.8 Å². The predicted octanol–water partition coefficient (Wildman–Crippen LogP) is -1.27. The molecule has 108 valence electrons. The fourth-order valence-corrected chi connectivity index (χ4v) is 2.13. The molecule has 1 fully saturated rings. The Morgan fingerprint density at radius 2 is 1.89 bits per heavy atom. The molecule has 2 N–H and O–H groups in total. The van der Waals surface area contributed by atoms with Crippen LogP contribution in [0.3, 0.4) is 0 Å². The van der Waals surface area contributed by atoms with Crippen LogP contribution in [0.5, 0.6) is 0 Å². The Morgan fingerprint density at radius 1 is 1.26 bits per heavy atom. The van der Waals surface area contributed by atoms with E-state index in [-0.39, 0.29) is 24.3 Å². The van der Waals surface area contributed by atoms with Gasteiger partial charge in [-0.3, -0.25) is 14.9 Å². The number of rotatable bonds is 4. The number of amides is 2. The van der Waals surface area contributed by atoms with Crippen LogP contribution in [0.1, 0.15) is 19.8 Å². The number of carbonyl (C=O) groups excluding carboxylic acids is 3. The summed E-state index contributed by atoms with van der Waals surface area (Å²) in [7, 11) is 1.21. The van der Waals surface area contributed by atoms with Crippen LogP contribution in [0.15, 0.2) is 0 Å². The third-order valence-electron chi connectivity index (χ3n) is 3.15. The molecular weight excluding hydrogens is 252 g/mol. The lowest BCUT2D eigenvalue weighted by atomic mass is 9.97. The van der Waals surface area contributed by atoms with Crippen molar-refractivity contribution in [3.63, 3.8) is 0 Å². The molecule has 0 saturated carbocycles. The van der Waals surface area contributed by atoms with Gasteiger partial charge in [0.1, 0.15) is 0 Å². The first-order chi connectivity index (χ1) is 9.06. The highest BCUT2D eigenvalue weighted by molar-refractivity contribution is 5.92. The number of alkyl carbamates (subject to hydrolysis) is 1. The monoisotopic (exact) mass is 273 g/mol. The normalized spacial score (nSPS) is 22.4. The van der Waals surface area contributed by atoms with Gasteiger partial charge in [0.15, 0.2) is 6.54 Å². The second-order valence-electron chi connectivity index (χ2n) is 4.49. The van der Waals surface area contributed by atoms with Gasteiger partial charge in [-0.05, 0) is 6.92 Å². The van der Waals surface area contributed by atoms with E-state index in [0.29, 0.717) is 19.4 Å². The molecule has 7 heteroatoms. The summed E-state index contributed by atoms with van der Waals surface area (Å²) in [6.07, 6.45) is 0.671. The molecule has 0 aliphatic carbocycles. The molecule has 0 unspecified atom stereocenters. The molecule has 2 amide bonds. The summed E-state index contributed by atoms with van der Waals surface area (Å²) in [5.74, 6) is -0.579. The van der Waals surface area contributed by atoms with E-state index in [1.165, 1.54) is 7.11 Å². The Balaban J connectivity index is 2.28. The van der Waals surface area contributed by atoms with Crippen LogP contribution < -0.4 is 10.2 Å². The van der Waals surface area contributed by atoms with Gasteiger partial charge >= 0.3 is 12.1 Å². The molecule has 0 aromatic carbocycles. The molecule has 1 heterocycles. The minimum absolute atomic E-state index is 0.0626. The van der Waals surface area contributed by atoms with Crippen LogP contribution in [-0.4, -0.2) is 51.3 Å². The fourth-order valence-electron chi connectivity index (χ4n) is 2.13. The summed E-state index contributed by atoms with van der Waals surface area (Å²) in [6.45, 7) is 3.84. The predicted molar refractivity (Wildman–Crippen MR) is 65.5 cm³/mol. The highest BCUT2D eigenvalue weighted by atomic mass is 16.5. The lowest BCUT2D eigenvalue weighted by molar-refractivity contribution is -0.897. The van der Waals surface area contributed by atoms with Crippen molar-refractivity contribution in [1.82, 2.24) is 5.32 Å². The molecular formula is C12H21N2O5+. The van der Waals surface area contributed by atoms with Crippen LogP contribution in [0.25, 0.3) is 0 Å². The molecule has 0 atom stereocenters. The van der Waals surface area contributed by atoms with Gasteiger partial charge < -0.3 is 14.4 Å². The van der Waals surface area contributed by atoms with Crippen LogP contribution in [0.2, 0.25) is 0 Å². The average molecular weight is 273 g/mol. The minimum Gasteiger partial charge on any atom is -0.466 e. The topological polar surface area (TPSA) is 86.1 Å². The fraction of sp³-hybridized carbons (Fsp3) is 0.750. The first-order valence-electron chi connectivity index (χ1n) is 6.44. The number of likely N-dealkylation sites (tertiary alicyclic amines) is 1. The molecule has 0 aromatic heterocycles. The van der Waals surface area contributed by atoms with E-state index in [9.17, 15) is 14.4 Å². The molecule has 1 aliphatic rings. The molecule has 1 saturated heterocycles. The maximum atomic E-state index is 11.5. The van der Waals surface area contributed by atoms with Gasteiger partial charge in [-0.1, -0.05) is 0 Å². The molecule has 1 rings (SSSR count). The van der Waals surface area contributed by atoms with Crippen molar-refractivity contribution in [2.75, 3.05) is 33.4 Å². The minimum atomic E-state index is -0.745. The van der Waals surface area contributed by atoms with Crippen molar-refractivity contribution < 1.29 is 28.8 Å². The second-order valence-corrected chi connectivity index (χ2v) is 4.49. The number of esters is 1. The Morgan fingerprint density at radius 3 is 2.42 bits per heavy atom. The van der Waals surface area contributed by atoms with Crippen molar-refractivity contribution >= 4 is 18.0 Å². The molecule has 7 nitrogen and oxygen atoms in total. The molecule has 0 radical (unpaired) electrons. The van der Waals surface area contributed by atoms with Gasteiger partial charge in [0.2, 0.25) is 0 Å². The number of hydrogen-bond acceptors (Lipinski definition) is 5. The molecule has 1 aliphatic heterocycles. The van der Waals surface area contributed by atoms with Gasteiger partial charge in [-0.2, -0.15) is 0 Å². The maximum Gasteiger partial charge on any atom is 0.413 e. The van der Waals surface area contributed by atoms with E-state index in [1.54, 1.807) is 6.92 Å². The number of methoxy groups -OCH3 is 1. The van der Waals surface area contributed by atoms with Crippen molar-refractivity contribution in [3.8, 4) is 0 Å². The van der Waals surface area contributed by atoms with Crippen LogP contribution >= 0.6 is 0 Å². The number of piperidine rings is 1. The number of quaternary nitrogens is 1. The quantitative estimate of drug-likeness (QED) is 0.624. The molecule has 19 heavy (non-hydrogen) atoms. The van der Waals surface area contributed by atoms with Gasteiger partial charge in [0.25, 0.3) is 5.91 Å². The summed E-state index contributed by atoms with van der Waals surface area (Å²) in [5.41, 5.74) is 0. The number of hydrogen-bond donors (Lipinski definition) is 2. The second kappa shape index (κ2) is 7.73. The van der Waals surface area contributed by atoms with E-state index in [4.69, 9.17) is 4.74 Å². The Kier molecular flexibility index (Phi) is 6.27. The Bertz CT molecular complexity index is 337. The average Bonchev–Trinajstić information content (AvgIpc) is 2.39. The summed E-state index contributed by atoms with van der Waals surface area (Å²) < 4.78 is 9.32. The lowest BCUT2D eigenvalue weighted by Crippen LogP contribution is -3.14. The zero-order valence-corrected chi connectivity index (χ0v) is 11.4. The summed E-state index contributed by atoms with van der Waals surface area (Å²) in [5, 5.41) is 2.12. The summed E-state index contributed by atoms with van der Waals surface area (Å²) in [6, 6.07) is 0. The van der Waals surface area contributed by atoms with E-state index in [2.05, 4.69) is 10.1 Å². The lowest BCUT2D eigenvalue weighted by Gasteiger charge is -2.27. The summed E-state index contributed by atoms with van der Waals surface area (Å²) in [4.78, 5) is 34.9. The number of imide groups is 1. The Hall–Kier alpha value is -1.63. The zero-order chi connectivity index (χ0) is 14.3. The summed E-state index contributed by atoms with van der Waals surface area (Å²) >= 11 is 0. The van der Waals surface area contributed by atoms with Crippen LogP contribution in [-0.2, 0) is 19.1 Å². The van der Waals surface area contributed by atoms with Gasteiger partial charge in [0.05, 0.1) is 32.7 Å². The van der Waals surface area contributed by atoms with Crippen LogP contribution in [0, 0.1) is 5.92 Å². The molecule has 0 aromatic rings. The zero-order valence-electron chi connectivity index (χ0n) is 11.4. The van der Waals surface area contributed by atoms with Crippen molar-refractivity contribution in [3.05, 3.63) is 0 Å².